The van der Waals surface area contributed by atoms with Crippen molar-refractivity contribution >= 4 is 11.8 Å². The molecule has 0 fully saturated rings. The van der Waals surface area contributed by atoms with Crippen molar-refractivity contribution in [2.75, 3.05) is 0 Å². The molecule has 3 aromatic rings. The molecule has 0 amide bonds. The van der Waals surface area contributed by atoms with Crippen molar-refractivity contribution in [2.24, 2.45) is 0 Å². The van der Waals surface area contributed by atoms with E-state index < -0.39 is 11.6 Å². The van der Waals surface area contributed by atoms with Crippen molar-refractivity contribution in [1.82, 2.24) is 14.8 Å². The quantitative estimate of drug-likeness (QED) is 0.465. The summed E-state index contributed by atoms with van der Waals surface area (Å²) in [6.45, 7) is 4.15. The highest BCUT2D eigenvalue weighted by Gasteiger charge is 2.15. The van der Waals surface area contributed by atoms with Gasteiger partial charge in [0, 0.05) is 23.4 Å². The average molecular weight is 361 g/mol. The van der Waals surface area contributed by atoms with Crippen molar-refractivity contribution in [2.45, 2.75) is 17.5 Å². The van der Waals surface area contributed by atoms with E-state index in [1.165, 1.54) is 36.0 Å². The Bertz CT molecular complexity index is 891. The van der Waals surface area contributed by atoms with Crippen LogP contribution in [0.15, 0.2) is 60.3 Å². The van der Waals surface area contributed by atoms with Crippen LogP contribution in [-0.4, -0.2) is 14.8 Å². The number of benzene rings is 2. The van der Waals surface area contributed by atoms with E-state index in [0.29, 0.717) is 23.1 Å². The van der Waals surface area contributed by atoms with Gasteiger partial charge in [0.1, 0.15) is 5.82 Å². The van der Waals surface area contributed by atoms with E-state index in [0.717, 1.165) is 6.07 Å². The van der Waals surface area contributed by atoms with Gasteiger partial charge in [0.2, 0.25) is 0 Å². The van der Waals surface area contributed by atoms with Crippen LogP contribution in [0.1, 0.15) is 5.56 Å². The molecule has 3 nitrogen and oxygen atoms in total. The number of aromatic nitrogens is 3. The molecular weight excluding hydrogens is 347 g/mol. The fourth-order valence-electron chi connectivity index (χ4n) is 2.30. The molecule has 0 saturated carbocycles. The smallest absolute Gasteiger partial charge is 0.192 e. The second kappa shape index (κ2) is 7.57. The molecule has 25 heavy (non-hydrogen) atoms. The molecule has 0 N–H and O–H groups in total. The SMILES string of the molecule is C=CCn1c(SCc2cccc(F)c2F)nnc1-c1ccc(F)cc1. The van der Waals surface area contributed by atoms with Crippen LogP contribution in [-0.2, 0) is 12.3 Å². The van der Waals surface area contributed by atoms with Gasteiger partial charge in [-0.25, -0.2) is 13.2 Å². The number of hydrogen-bond donors (Lipinski definition) is 0. The van der Waals surface area contributed by atoms with Gasteiger partial charge in [-0.1, -0.05) is 30.0 Å². The Balaban J connectivity index is 1.87. The van der Waals surface area contributed by atoms with Gasteiger partial charge in [-0.2, -0.15) is 0 Å². The first-order valence-electron chi connectivity index (χ1n) is 7.46. The third kappa shape index (κ3) is 3.76. The van der Waals surface area contributed by atoms with Gasteiger partial charge in [-0.3, -0.25) is 4.57 Å². The Labute approximate surface area is 147 Å². The Hall–Kier alpha value is -2.54. The van der Waals surface area contributed by atoms with E-state index in [-0.39, 0.29) is 17.1 Å². The summed E-state index contributed by atoms with van der Waals surface area (Å²) in [7, 11) is 0. The van der Waals surface area contributed by atoms with Crippen LogP contribution in [0.5, 0.6) is 0 Å². The van der Waals surface area contributed by atoms with Gasteiger partial charge in [0.25, 0.3) is 0 Å². The van der Waals surface area contributed by atoms with E-state index in [1.807, 2.05) is 0 Å². The topological polar surface area (TPSA) is 30.7 Å². The van der Waals surface area contributed by atoms with Crippen LogP contribution < -0.4 is 0 Å². The fourth-order valence-corrected chi connectivity index (χ4v) is 3.23. The lowest BCUT2D eigenvalue weighted by molar-refractivity contribution is 0.502. The van der Waals surface area contributed by atoms with E-state index >= 15 is 0 Å². The molecule has 3 rings (SSSR count). The predicted molar refractivity (Wildman–Crippen MR) is 91.5 cm³/mol. The standard InChI is InChI=1S/C18H14F3N3S/c1-2-10-24-17(12-6-8-14(19)9-7-12)22-23-18(24)25-11-13-4-3-5-15(20)16(13)21/h2-9H,1,10-11H2. The highest BCUT2D eigenvalue weighted by molar-refractivity contribution is 7.98. The van der Waals surface area contributed by atoms with Crippen LogP contribution in [0.3, 0.4) is 0 Å². The average Bonchev–Trinajstić information content (AvgIpc) is 3.00. The van der Waals surface area contributed by atoms with Gasteiger partial charge in [0.05, 0.1) is 0 Å². The van der Waals surface area contributed by atoms with E-state index in [9.17, 15) is 13.2 Å². The number of hydrogen-bond acceptors (Lipinski definition) is 3. The van der Waals surface area contributed by atoms with Crippen molar-refractivity contribution in [1.29, 1.82) is 0 Å². The lowest BCUT2D eigenvalue weighted by atomic mass is 10.2. The zero-order valence-electron chi connectivity index (χ0n) is 13.1. The van der Waals surface area contributed by atoms with Crippen molar-refractivity contribution in [3.05, 3.63) is 78.1 Å². The number of thioether (sulfide) groups is 1. The maximum absolute atomic E-state index is 13.8. The van der Waals surface area contributed by atoms with Crippen LogP contribution in [0.2, 0.25) is 0 Å². The Morgan fingerprint density at radius 3 is 2.52 bits per heavy atom. The maximum Gasteiger partial charge on any atom is 0.192 e. The highest BCUT2D eigenvalue weighted by Crippen LogP contribution is 2.27. The summed E-state index contributed by atoms with van der Waals surface area (Å²) < 4.78 is 42.0. The molecule has 0 aliphatic carbocycles. The van der Waals surface area contributed by atoms with Crippen LogP contribution in [0, 0.1) is 17.5 Å². The third-order valence-electron chi connectivity index (χ3n) is 3.52. The lowest BCUT2D eigenvalue weighted by Gasteiger charge is -2.08. The van der Waals surface area contributed by atoms with Crippen molar-refractivity contribution in [3.63, 3.8) is 0 Å². The molecule has 2 aromatic carbocycles. The molecule has 0 bridgehead atoms. The fraction of sp³-hybridized carbons (Fsp3) is 0.111. The summed E-state index contributed by atoms with van der Waals surface area (Å²) in [6.07, 6.45) is 1.68. The summed E-state index contributed by atoms with van der Waals surface area (Å²) in [6, 6.07) is 9.98. The Kier molecular flexibility index (Phi) is 5.23. The van der Waals surface area contributed by atoms with Gasteiger partial charge >= 0.3 is 0 Å². The van der Waals surface area contributed by atoms with Crippen LogP contribution in [0.4, 0.5) is 13.2 Å². The molecule has 1 aromatic heterocycles. The second-order valence-electron chi connectivity index (χ2n) is 5.21. The van der Waals surface area contributed by atoms with Gasteiger partial charge in [0.15, 0.2) is 22.6 Å². The minimum absolute atomic E-state index is 0.211. The first-order chi connectivity index (χ1) is 12.1. The zero-order valence-corrected chi connectivity index (χ0v) is 13.9. The molecule has 0 saturated heterocycles. The lowest BCUT2D eigenvalue weighted by Crippen LogP contribution is -2.01. The molecule has 0 atom stereocenters. The summed E-state index contributed by atoms with van der Waals surface area (Å²) in [5.41, 5.74) is 0.959. The maximum atomic E-state index is 13.8. The molecule has 0 aliphatic rings. The van der Waals surface area contributed by atoms with Gasteiger partial charge < -0.3 is 0 Å². The summed E-state index contributed by atoms with van der Waals surface area (Å²) >= 11 is 1.24. The largest absolute Gasteiger partial charge is 0.298 e. The highest BCUT2D eigenvalue weighted by atomic mass is 32.2. The molecule has 7 heteroatoms. The molecule has 0 spiro atoms. The minimum Gasteiger partial charge on any atom is -0.298 e. The molecule has 0 unspecified atom stereocenters. The minimum atomic E-state index is -0.877. The predicted octanol–water partition coefficient (Wildman–Crippen LogP) is 4.84. The summed E-state index contributed by atoms with van der Waals surface area (Å²) in [4.78, 5) is 0. The zero-order chi connectivity index (χ0) is 17.8. The van der Waals surface area contributed by atoms with E-state index in [1.54, 1.807) is 22.8 Å². The summed E-state index contributed by atoms with van der Waals surface area (Å²) in [5.74, 6) is -1.31. The number of allylic oxidation sites excluding steroid dienone is 1. The van der Waals surface area contributed by atoms with E-state index in [2.05, 4.69) is 16.8 Å². The number of rotatable bonds is 6. The van der Waals surface area contributed by atoms with Crippen molar-refractivity contribution < 1.29 is 13.2 Å². The molecule has 1 heterocycles. The van der Waals surface area contributed by atoms with Crippen molar-refractivity contribution in [3.8, 4) is 11.4 Å². The first-order valence-corrected chi connectivity index (χ1v) is 8.44. The van der Waals surface area contributed by atoms with Crippen LogP contribution in [0.25, 0.3) is 11.4 Å². The second-order valence-corrected chi connectivity index (χ2v) is 6.16. The molecule has 0 radical (unpaired) electrons. The molecule has 0 aliphatic heterocycles. The third-order valence-corrected chi connectivity index (χ3v) is 4.53. The van der Waals surface area contributed by atoms with E-state index in [4.69, 9.17) is 0 Å². The number of nitrogens with zero attached hydrogens (tertiary/aromatic N) is 3. The normalized spacial score (nSPS) is 10.8. The van der Waals surface area contributed by atoms with Gasteiger partial charge in [-0.15, -0.1) is 16.8 Å². The monoisotopic (exact) mass is 361 g/mol. The Morgan fingerprint density at radius 2 is 1.80 bits per heavy atom. The van der Waals surface area contributed by atoms with Crippen LogP contribution >= 0.6 is 11.8 Å². The molecule has 128 valence electrons. The summed E-state index contributed by atoms with van der Waals surface area (Å²) in [5, 5.41) is 8.80. The Morgan fingerprint density at radius 1 is 1.04 bits per heavy atom. The number of halogens is 3. The van der Waals surface area contributed by atoms with Gasteiger partial charge in [-0.05, 0) is 30.3 Å². The first kappa shape index (κ1) is 17.3. The molecular formula is C18H14F3N3S.